The third-order valence-electron chi connectivity index (χ3n) is 3.58. The van der Waals surface area contributed by atoms with E-state index in [9.17, 15) is 4.79 Å². The molecular formula is C18H22N2O. The Morgan fingerprint density at radius 1 is 1.05 bits per heavy atom. The highest BCUT2D eigenvalue weighted by Gasteiger charge is 2.08. The van der Waals surface area contributed by atoms with Crippen LogP contribution >= 0.6 is 0 Å². The molecule has 3 nitrogen and oxygen atoms in total. The quantitative estimate of drug-likeness (QED) is 0.870. The van der Waals surface area contributed by atoms with Crippen LogP contribution in [0.15, 0.2) is 42.5 Å². The van der Waals surface area contributed by atoms with Crippen LogP contribution in [0.3, 0.4) is 0 Å². The summed E-state index contributed by atoms with van der Waals surface area (Å²) in [4.78, 5) is 11.1. The van der Waals surface area contributed by atoms with E-state index in [1.165, 1.54) is 18.1 Å². The fraction of sp³-hybridized carbons (Fsp3) is 0.278. The Morgan fingerprint density at radius 3 is 2.38 bits per heavy atom. The summed E-state index contributed by atoms with van der Waals surface area (Å²) in [6, 6.07) is 14.6. The van der Waals surface area contributed by atoms with Crippen LogP contribution in [0.2, 0.25) is 0 Å². The van der Waals surface area contributed by atoms with Crippen molar-refractivity contribution in [1.82, 2.24) is 0 Å². The van der Waals surface area contributed by atoms with Crippen LogP contribution in [-0.2, 0) is 4.79 Å². The van der Waals surface area contributed by atoms with Crippen molar-refractivity contribution in [1.29, 1.82) is 0 Å². The number of carbonyl (C=O) groups is 1. The lowest BCUT2D eigenvalue weighted by Crippen LogP contribution is -2.10. The molecule has 2 aromatic carbocycles. The molecule has 21 heavy (non-hydrogen) atoms. The minimum atomic E-state index is -0.0490. The van der Waals surface area contributed by atoms with E-state index in [2.05, 4.69) is 54.8 Å². The maximum atomic E-state index is 11.1. The Kier molecular flexibility index (Phi) is 4.63. The first-order valence-corrected chi connectivity index (χ1v) is 7.17. The average molecular weight is 282 g/mol. The van der Waals surface area contributed by atoms with E-state index in [1.54, 1.807) is 0 Å². The van der Waals surface area contributed by atoms with Crippen molar-refractivity contribution >= 4 is 17.3 Å². The van der Waals surface area contributed by atoms with Crippen LogP contribution in [0.25, 0.3) is 0 Å². The van der Waals surface area contributed by atoms with E-state index in [4.69, 9.17) is 0 Å². The van der Waals surface area contributed by atoms with Crippen molar-refractivity contribution in [3.63, 3.8) is 0 Å². The number of hydrogen-bond acceptors (Lipinski definition) is 2. The van der Waals surface area contributed by atoms with E-state index < -0.39 is 0 Å². The SMILES string of the molecule is CC(=O)Nc1ccc(NC(C)c2ccccc2C)cc1C. The topological polar surface area (TPSA) is 41.1 Å². The molecule has 0 heterocycles. The fourth-order valence-electron chi connectivity index (χ4n) is 2.48. The highest BCUT2D eigenvalue weighted by molar-refractivity contribution is 5.89. The van der Waals surface area contributed by atoms with Gasteiger partial charge in [-0.15, -0.1) is 0 Å². The van der Waals surface area contributed by atoms with Crippen molar-refractivity contribution in [3.05, 3.63) is 59.2 Å². The first kappa shape index (κ1) is 15.1. The zero-order chi connectivity index (χ0) is 15.4. The highest BCUT2D eigenvalue weighted by atomic mass is 16.1. The minimum Gasteiger partial charge on any atom is -0.379 e. The predicted molar refractivity (Wildman–Crippen MR) is 88.7 cm³/mol. The van der Waals surface area contributed by atoms with Crippen molar-refractivity contribution in [2.45, 2.75) is 33.7 Å². The number of benzene rings is 2. The van der Waals surface area contributed by atoms with Gasteiger partial charge in [0.2, 0.25) is 5.91 Å². The molecule has 0 aromatic heterocycles. The lowest BCUT2D eigenvalue weighted by Gasteiger charge is -2.19. The van der Waals surface area contributed by atoms with E-state index in [0.29, 0.717) is 0 Å². The minimum absolute atomic E-state index is 0.0490. The zero-order valence-corrected chi connectivity index (χ0v) is 13.0. The molecule has 110 valence electrons. The summed E-state index contributed by atoms with van der Waals surface area (Å²) >= 11 is 0. The Morgan fingerprint density at radius 2 is 1.76 bits per heavy atom. The molecule has 0 saturated heterocycles. The summed E-state index contributed by atoms with van der Waals surface area (Å²) in [5, 5.41) is 6.34. The first-order valence-electron chi connectivity index (χ1n) is 7.17. The van der Waals surface area contributed by atoms with Crippen molar-refractivity contribution < 1.29 is 4.79 Å². The van der Waals surface area contributed by atoms with Crippen LogP contribution in [0.5, 0.6) is 0 Å². The second-order valence-corrected chi connectivity index (χ2v) is 5.43. The molecule has 0 aliphatic rings. The van der Waals surface area contributed by atoms with Crippen molar-refractivity contribution in [2.75, 3.05) is 10.6 Å². The van der Waals surface area contributed by atoms with Crippen LogP contribution in [-0.4, -0.2) is 5.91 Å². The van der Waals surface area contributed by atoms with Gasteiger partial charge in [-0.3, -0.25) is 4.79 Å². The molecule has 2 rings (SSSR count). The molecule has 0 saturated carbocycles. The smallest absolute Gasteiger partial charge is 0.221 e. The van der Waals surface area contributed by atoms with Gasteiger partial charge in [0.1, 0.15) is 0 Å². The molecule has 0 spiro atoms. The molecular weight excluding hydrogens is 260 g/mol. The van der Waals surface area contributed by atoms with Gasteiger partial charge < -0.3 is 10.6 Å². The molecule has 0 fully saturated rings. The van der Waals surface area contributed by atoms with Crippen LogP contribution in [0.4, 0.5) is 11.4 Å². The van der Waals surface area contributed by atoms with E-state index in [1.807, 2.05) is 19.1 Å². The maximum Gasteiger partial charge on any atom is 0.221 e. The Hall–Kier alpha value is -2.29. The number of carbonyl (C=O) groups excluding carboxylic acids is 1. The molecule has 1 unspecified atom stereocenters. The third kappa shape index (κ3) is 3.85. The molecule has 2 N–H and O–H groups in total. The Bertz CT molecular complexity index is 649. The molecule has 2 aromatic rings. The van der Waals surface area contributed by atoms with E-state index >= 15 is 0 Å². The van der Waals surface area contributed by atoms with E-state index in [0.717, 1.165) is 16.9 Å². The van der Waals surface area contributed by atoms with Crippen LogP contribution in [0, 0.1) is 13.8 Å². The van der Waals surface area contributed by atoms with Gasteiger partial charge in [0.15, 0.2) is 0 Å². The van der Waals surface area contributed by atoms with Crippen LogP contribution in [0.1, 0.15) is 36.6 Å². The number of hydrogen-bond donors (Lipinski definition) is 2. The fourth-order valence-corrected chi connectivity index (χ4v) is 2.48. The van der Waals surface area contributed by atoms with E-state index in [-0.39, 0.29) is 11.9 Å². The van der Waals surface area contributed by atoms with Gasteiger partial charge in [-0.1, -0.05) is 24.3 Å². The van der Waals surface area contributed by atoms with Gasteiger partial charge in [0, 0.05) is 24.3 Å². The first-order chi connectivity index (χ1) is 9.97. The lowest BCUT2D eigenvalue weighted by atomic mass is 10.0. The van der Waals surface area contributed by atoms with Crippen molar-refractivity contribution in [2.24, 2.45) is 0 Å². The summed E-state index contributed by atoms with van der Waals surface area (Å²) in [6.07, 6.45) is 0. The predicted octanol–water partition coefficient (Wildman–Crippen LogP) is 4.43. The van der Waals surface area contributed by atoms with Gasteiger partial charge in [0.25, 0.3) is 0 Å². The normalized spacial score (nSPS) is 11.8. The molecule has 0 bridgehead atoms. The monoisotopic (exact) mass is 282 g/mol. The molecule has 0 aliphatic carbocycles. The molecule has 0 radical (unpaired) electrons. The summed E-state index contributed by atoms with van der Waals surface area (Å²) < 4.78 is 0. The number of nitrogens with one attached hydrogen (secondary N) is 2. The molecule has 1 amide bonds. The molecule has 3 heteroatoms. The number of rotatable bonds is 4. The van der Waals surface area contributed by atoms with Crippen LogP contribution < -0.4 is 10.6 Å². The highest BCUT2D eigenvalue weighted by Crippen LogP contribution is 2.25. The van der Waals surface area contributed by atoms with Gasteiger partial charge in [-0.25, -0.2) is 0 Å². The average Bonchev–Trinajstić information content (AvgIpc) is 2.42. The van der Waals surface area contributed by atoms with Gasteiger partial charge >= 0.3 is 0 Å². The Balaban J connectivity index is 2.15. The van der Waals surface area contributed by atoms with Crippen molar-refractivity contribution in [3.8, 4) is 0 Å². The van der Waals surface area contributed by atoms with Gasteiger partial charge in [-0.2, -0.15) is 0 Å². The second-order valence-electron chi connectivity index (χ2n) is 5.43. The second kappa shape index (κ2) is 6.44. The third-order valence-corrected chi connectivity index (χ3v) is 3.58. The zero-order valence-electron chi connectivity index (χ0n) is 13.0. The summed E-state index contributed by atoms with van der Waals surface area (Å²) in [5.41, 5.74) is 5.53. The Labute approximate surface area is 126 Å². The molecule has 1 atom stereocenters. The van der Waals surface area contributed by atoms with Gasteiger partial charge in [-0.05, 0) is 55.7 Å². The largest absolute Gasteiger partial charge is 0.379 e. The summed E-state index contributed by atoms with van der Waals surface area (Å²) in [6.45, 7) is 7.79. The van der Waals surface area contributed by atoms with Gasteiger partial charge in [0.05, 0.1) is 0 Å². The standard InChI is InChI=1S/C18H22N2O/c1-12-7-5-6-8-17(12)14(3)19-16-9-10-18(13(2)11-16)20-15(4)21/h5-11,14,19H,1-4H3,(H,20,21). The molecule has 0 aliphatic heterocycles. The number of amides is 1. The summed E-state index contributed by atoms with van der Waals surface area (Å²) in [7, 11) is 0. The number of aryl methyl sites for hydroxylation is 2. The summed E-state index contributed by atoms with van der Waals surface area (Å²) in [5.74, 6) is -0.0490. The maximum absolute atomic E-state index is 11.1. The lowest BCUT2D eigenvalue weighted by molar-refractivity contribution is -0.114. The number of anilines is 2.